The smallest absolute Gasteiger partial charge is 0.222 e. The molecule has 5 heteroatoms. The molecule has 0 amide bonds. The Hall–Kier alpha value is -3.21. The summed E-state index contributed by atoms with van der Waals surface area (Å²) in [5.41, 5.74) is 2.86. The maximum atomic E-state index is 13.9. The van der Waals surface area contributed by atoms with E-state index in [9.17, 15) is 8.78 Å². The number of aliphatic imine (C=N–C) groups is 1. The Kier molecular flexibility index (Phi) is 5.06. The van der Waals surface area contributed by atoms with Gasteiger partial charge in [-0.15, -0.1) is 0 Å². The van der Waals surface area contributed by atoms with E-state index in [-0.39, 0.29) is 24.1 Å². The molecule has 142 valence electrons. The van der Waals surface area contributed by atoms with E-state index in [0.29, 0.717) is 6.61 Å². The fourth-order valence-electron chi connectivity index (χ4n) is 3.19. The minimum absolute atomic E-state index is 0.0104. The van der Waals surface area contributed by atoms with E-state index in [1.54, 1.807) is 0 Å². The summed E-state index contributed by atoms with van der Waals surface area (Å²) in [6.07, 6.45) is 0. The summed E-state index contributed by atoms with van der Waals surface area (Å²) in [6, 6.07) is 19.3. The van der Waals surface area contributed by atoms with Crippen molar-refractivity contribution in [3.05, 3.63) is 89.5 Å². The number of benzene rings is 3. The third-order valence-electron chi connectivity index (χ3n) is 4.62. The number of hydrogen-bond donors (Lipinski definition) is 0. The molecule has 1 heterocycles. The number of nitrogens with zero attached hydrogens (tertiary/aromatic N) is 1. The molecule has 0 bridgehead atoms. The van der Waals surface area contributed by atoms with E-state index in [1.165, 1.54) is 18.2 Å². The molecule has 0 aromatic heterocycles. The van der Waals surface area contributed by atoms with Crippen molar-refractivity contribution in [1.29, 1.82) is 0 Å². The maximum absolute atomic E-state index is 13.9. The van der Waals surface area contributed by atoms with Gasteiger partial charge in [0.2, 0.25) is 5.90 Å². The van der Waals surface area contributed by atoms with Gasteiger partial charge in [0.25, 0.3) is 0 Å². The zero-order valence-electron chi connectivity index (χ0n) is 15.4. The van der Waals surface area contributed by atoms with Crippen molar-refractivity contribution in [3.8, 4) is 16.9 Å². The Bertz CT molecular complexity index is 978. The molecule has 1 unspecified atom stereocenters. The summed E-state index contributed by atoms with van der Waals surface area (Å²) in [5.74, 6) is -0.500. The molecule has 0 spiro atoms. The van der Waals surface area contributed by atoms with Crippen LogP contribution in [0.2, 0.25) is 0 Å². The Labute approximate surface area is 162 Å². The van der Waals surface area contributed by atoms with Crippen molar-refractivity contribution in [3.63, 3.8) is 0 Å². The fourth-order valence-corrected chi connectivity index (χ4v) is 3.19. The lowest BCUT2D eigenvalue weighted by molar-refractivity contribution is 0.317. The van der Waals surface area contributed by atoms with Gasteiger partial charge in [-0.2, -0.15) is 0 Å². The molecule has 3 nitrogen and oxygen atoms in total. The highest BCUT2D eigenvalue weighted by Crippen LogP contribution is 2.29. The van der Waals surface area contributed by atoms with Crippen molar-refractivity contribution in [2.24, 2.45) is 4.99 Å². The molecular weight excluding hydrogens is 360 g/mol. The molecule has 1 aliphatic heterocycles. The van der Waals surface area contributed by atoms with Crippen LogP contribution in [0.15, 0.2) is 71.7 Å². The average Bonchev–Trinajstić information content (AvgIpc) is 3.19. The highest BCUT2D eigenvalue weighted by molar-refractivity contribution is 5.95. The van der Waals surface area contributed by atoms with Crippen LogP contribution >= 0.6 is 0 Å². The lowest BCUT2D eigenvalue weighted by atomic mass is 10.0. The van der Waals surface area contributed by atoms with Crippen LogP contribution in [0.5, 0.6) is 5.75 Å². The minimum atomic E-state index is -0.676. The van der Waals surface area contributed by atoms with E-state index in [1.807, 2.05) is 55.5 Å². The average molecular weight is 379 g/mol. The summed E-state index contributed by atoms with van der Waals surface area (Å²) >= 11 is 0. The maximum Gasteiger partial charge on any atom is 0.222 e. The van der Waals surface area contributed by atoms with Crippen LogP contribution in [-0.2, 0) is 4.74 Å². The molecule has 0 saturated heterocycles. The van der Waals surface area contributed by atoms with Crippen molar-refractivity contribution < 1.29 is 18.3 Å². The van der Waals surface area contributed by atoms with Gasteiger partial charge in [-0.05, 0) is 47.9 Å². The van der Waals surface area contributed by atoms with Crippen LogP contribution in [0.3, 0.4) is 0 Å². The molecule has 1 atom stereocenters. The van der Waals surface area contributed by atoms with Gasteiger partial charge in [-0.25, -0.2) is 13.8 Å². The first kappa shape index (κ1) is 18.2. The Morgan fingerprint density at radius 1 is 0.929 bits per heavy atom. The summed E-state index contributed by atoms with van der Waals surface area (Å²) in [7, 11) is 0. The monoisotopic (exact) mass is 379 g/mol. The lowest BCUT2D eigenvalue weighted by Crippen LogP contribution is -2.07. The first-order valence-corrected chi connectivity index (χ1v) is 9.14. The number of ether oxygens (including phenoxy) is 2. The first-order chi connectivity index (χ1) is 13.7. The van der Waals surface area contributed by atoms with Gasteiger partial charge in [0.15, 0.2) is 0 Å². The predicted molar refractivity (Wildman–Crippen MR) is 105 cm³/mol. The fraction of sp³-hybridized carbons (Fsp3) is 0.174. The number of hydrogen-bond acceptors (Lipinski definition) is 3. The van der Waals surface area contributed by atoms with E-state index in [4.69, 9.17) is 9.47 Å². The molecular formula is C23H19F2NO2. The van der Waals surface area contributed by atoms with Gasteiger partial charge in [-0.1, -0.05) is 42.5 Å². The first-order valence-electron chi connectivity index (χ1n) is 9.14. The SMILES string of the molecule is CCOc1ccc(-c2ccc(C3COC(c4c(F)cccc4F)=N3)cc2)cc1. The molecule has 0 N–H and O–H groups in total. The van der Waals surface area contributed by atoms with Crippen LogP contribution in [0, 0.1) is 11.6 Å². The normalized spacial score (nSPS) is 15.8. The van der Waals surface area contributed by atoms with Crippen molar-refractivity contribution >= 4 is 5.90 Å². The summed E-state index contributed by atoms with van der Waals surface area (Å²) < 4.78 is 38.8. The van der Waals surface area contributed by atoms with Crippen LogP contribution in [-0.4, -0.2) is 19.1 Å². The van der Waals surface area contributed by atoms with Crippen LogP contribution in [0.4, 0.5) is 8.78 Å². The standard InChI is InChI=1S/C23H19F2NO2/c1-2-27-18-12-10-16(11-13-18)15-6-8-17(9-7-15)21-14-28-23(26-21)22-19(24)4-3-5-20(22)25/h3-13,21H,2,14H2,1H3. The minimum Gasteiger partial charge on any atom is -0.494 e. The summed E-state index contributed by atoms with van der Waals surface area (Å²) in [5, 5.41) is 0. The number of rotatable bonds is 5. The van der Waals surface area contributed by atoms with Gasteiger partial charge in [0, 0.05) is 0 Å². The Morgan fingerprint density at radius 2 is 1.54 bits per heavy atom. The highest BCUT2D eigenvalue weighted by Gasteiger charge is 2.26. The molecule has 0 aliphatic carbocycles. The summed E-state index contributed by atoms with van der Waals surface area (Å²) in [6.45, 7) is 2.84. The van der Waals surface area contributed by atoms with E-state index >= 15 is 0 Å². The third kappa shape index (κ3) is 3.60. The molecule has 28 heavy (non-hydrogen) atoms. The molecule has 3 aromatic carbocycles. The highest BCUT2D eigenvalue weighted by atomic mass is 19.1. The van der Waals surface area contributed by atoms with Gasteiger partial charge in [0.1, 0.15) is 35.6 Å². The molecule has 4 rings (SSSR count). The number of halogens is 2. The topological polar surface area (TPSA) is 30.8 Å². The second-order valence-corrected chi connectivity index (χ2v) is 6.44. The van der Waals surface area contributed by atoms with E-state index in [2.05, 4.69) is 4.99 Å². The molecule has 0 saturated carbocycles. The predicted octanol–water partition coefficient (Wildman–Crippen LogP) is 5.55. The van der Waals surface area contributed by atoms with E-state index in [0.717, 1.165) is 22.4 Å². The van der Waals surface area contributed by atoms with Crippen LogP contribution in [0.25, 0.3) is 11.1 Å². The van der Waals surface area contributed by atoms with E-state index < -0.39 is 11.6 Å². The molecule has 1 aliphatic rings. The largest absolute Gasteiger partial charge is 0.494 e. The van der Waals surface area contributed by atoms with Gasteiger partial charge in [-0.3, -0.25) is 0 Å². The second kappa shape index (κ2) is 7.80. The van der Waals surface area contributed by atoms with Crippen LogP contribution < -0.4 is 4.74 Å². The quantitative estimate of drug-likeness (QED) is 0.582. The van der Waals surface area contributed by atoms with Crippen molar-refractivity contribution in [2.75, 3.05) is 13.2 Å². The van der Waals surface area contributed by atoms with Gasteiger partial charge < -0.3 is 9.47 Å². The zero-order chi connectivity index (χ0) is 19.5. The molecule has 0 radical (unpaired) electrons. The Morgan fingerprint density at radius 3 is 2.14 bits per heavy atom. The van der Waals surface area contributed by atoms with Crippen LogP contribution in [0.1, 0.15) is 24.1 Å². The lowest BCUT2D eigenvalue weighted by Gasteiger charge is -2.08. The van der Waals surface area contributed by atoms with Crippen molar-refractivity contribution in [2.45, 2.75) is 13.0 Å². The summed E-state index contributed by atoms with van der Waals surface area (Å²) in [4.78, 5) is 4.38. The zero-order valence-corrected chi connectivity index (χ0v) is 15.4. The molecule has 3 aromatic rings. The van der Waals surface area contributed by atoms with Gasteiger partial charge in [0.05, 0.1) is 6.61 Å². The third-order valence-corrected chi connectivity index (χ3v) is 4.62. The van der Waals surface area contributed by atoms with Crippen molar-refractivity contribution in [1.82, 2.24) is 0 Å². The Balaban J connectivity index is 1.54. The van der Waals surface area contributed by atoms with Gasteiger partial charge >= 0.3 is 0 Å². The molecule has 0 fully saturated rings. The second-order valence-electron chi connectivity index (χ2n) is 6.44.